The molecule has 1 amide bonds. The van der Waals surface area contributed by atoms with Crippen LogP contribution in [0.25, 0.3) is 0 Å². The summed E-state index contributed by atoms with van der Waals surface area (Å²) in [5.41, 5.74) is 6.23. The number of carbonyl (C=O) groups excluding carboxylic acids is 1. The summed E-state index contributed by atoms with van der Waals surface area (Å²) >= 11 is 0. The van der Waals surface area contributed by atoms with Gasteiger partial charge in [-0.3, -0.25) is 4.79 Å². The number of ether oxygens (including phenoxy) is 1. The van der Waals surface area contributed by atoms with Crippen LogP contribution in [0.2, 0.25) is 0 Å². The first-order valence-electron chi connectivity index (χ1n) is 9.94. The van der Waals surface area contributed by atoms with Crippen LogP contribution in [0, 0.1) is 17.8 Å². The molecule has 3 rings (SSSR count). The number of piperidine rings is 2. The normalized spacial score (nSPS) is 27.3. The van der Waals surface area contributed by atoms with Crippen LogP contribution >= 0.6 is 0 Å². The molecule has 0 spiro atoms. The maximum atomic E-state index is 12.7. The molecule has 3 aliphatic heterocycles. The summed E-state index contributed by atoms with van der Waals surface area (Å²) in [5, 5.41) is 0. The van der Waals surface area contributed by atoms with Gasteiger partial charge in [-0.15, -0.1) is 0 Å². The van der Waals surface area contributed by atoms with Crippen LogP contribution in [0.5, 0.6) is 0 Å². The molecule has 1 atom stereocenters. The highest BCUT2D eigenvalue weighted by atomic mass is 16.5. The summed E-state index contributed by atoms with van der Waals surface area (Å²) in [5.74, 6) is 2.43. The lowest BCUT2D eigenvalue weighted by molar-refractivity contribution is -0.135. The van der Waals surface area contributed by atoms with Crippen LogP contribution in [0.15, 0.2) is 0 Å². The number of hydrogen-bond donors (Lipinski definition) is 1. The fourth-order valence-electron chi connectivity index (χ4n) is 4.77. The Kier molecular flexibility index (Phi) is 6.53. The van der Waals surface area contributed by atoms with Gasteiger partial charge in [0.1, 0.15) is 0 Å². The number of carbonyl (C=O) groups is 1. The Bertz CT molecular complexity index is 395. The van der Waals surface area contributed by atoms with Crippen LogP contribution in [-0.4, -0.2) is 68.2 Å². The van der Waals surface area contributed by atoms with E-state index in [1.54, 1.807) is 0 Å². The van der Waals surface area contributed by atoms with E-state index in [-0.39, 0.29) is 11.9 Å². The van der Waals surface area contributed by atoms with E-state index in [1.807, 2.05) is 4.90 Å². The van der Waals surface area contributed by atoms with Crippen molar-refractivity contribution in [3.05, 3.63) is 0 Å². The Labute approximate surface area is 146 Å². The topological polar surface area (TPSA) is 58.8 Å². The van der Waals surface area contributed by atoms with E-state index >= 15 is 0 Å². The minimum Gasteiger partial charge on any atom is -0.381 e. The van der Waals surface area contributed by atoms with E-state index in [1.165, 1.54) is 38.8 Å². The predicted molar refractivity (Wildman–Crippen MR) is 95.7 cm³/mol. The monoisotopic (exact) mass is 337 g/mol. The van der Waals surface area contributed by atoms with Crippen molar-refractivity contribution in [2.24, 2.45) is 23.5 Å². The minimum atomic E-state index is -0.312. The lowest BCUT2D eigenvalue weighted by Gasteiger charge is -2.40. The number of nitrogens with two attached hydrogens (primary N) is 1. The van der Waals surface area contributed by atoms with Crippen LogP contribution < -0.4 is 5.73 Å². The fourth-order valence-corrected chi connectivity index (χ4v) is 4.77. The average Bonchev–Trinajstić information content (AvgIpc) is 2.63. The first kappa shape index (κ1) is 18.2. The molecule has 0 aromatic rings. The number of rotatable bonds is 4. The molecular weight excluding hydrogens is 302 g/mol. The summed E-state index contributed by atoms with van der Waals surface area (Å²) in [6, 6.07) is -0.312. The predicted octanol–water partition coefficient (Wildman–Crippen LogP) is 1.71. The molecule has 138 valence electrons. The molecule has 2 N–H and O–H groups in total. The zero-order valence-electron chi connectivity index (χ0n) is 15.3. The van der Waals surface area contributed by atoms with Crippen molar-refractivity contribution in [1.82, 2.24) is 9.80 Å². The van der Waals surface area contributed by atoms with Crippen molar-refractivity contribution in [3.8, 4) is 0 Å². The molecule has 3 saturated heterocycles. The molecule has 3 aliphatic rings. The zero-order chi connectivity index (χ0) is 16.9. The summed E-state index contributed by atoms with van der Waals surface area (Å²) in [6.45, 7) is 5.95. The largest absolute Gasteiger partial charge is 0.381 e. The van der Waals surface area contributed by atoms with Crippen LogP contribution in [0.1, 0.15) is 44.9 Å². The van der Waals surface area contributed by atoms with Gasteiger partial charge >= 0.3 is 0 Å². The molecule has 0 radical (unpaired) electrons. The Morgan fingerprint density at radius 2 is 1.54 bits per heavy atom. The van der Waals surface area contributed by atoms with Crippen molar-refractivity contribution in [2.75, 3.05) is 46.4 Å². The minimum absolute atomic E-state index is 0.184. The van der Waals surface area contributed by atoms with Crippen molar-refractivity contribution >= 4 is 5.91 Å². The maximum Gasteiger partial charge on any atom is 0.239 e. The summed E-state index contributed by atoms with van der Waals surface area (Å²) in [4.78, 5) is 17.1. The fraction of sp³-hybridized carbons (Fsp3) is 0.947. The SMILES string of the molecule is CN1CCC(C2CCN(C(=O)[C@@H](N)CC3CCOCC3)CC2)CC1. The second-order valence-corrected chi connectivity index (χ2v) is 8.20. The third kappa shape index (κ3) is 4.70. The average molecular weight is 338 g/mol. The quantitative estimate of drug-likeness (QED) is 0.848. The van der Waals surface area contributed by atoms with E-state index in [4.69, 9.17) is 10.5 Å². The number of nitrogens with zero attached hydrogens (tertiary/aromatic N) is 2. The van der Waals surface area contributed by atoms with Gasteiger partial charge in [-0.25, -0.2) is 0 Å². The first-order valence-corrected chi connectivity index (χ1v) is 9.94. The van der Waals surface area contributed by atoms with Crippen molar-refractivity contribution in [3.63, 3.8) is 0 Å². The molecule has 24 heavy (non-hydrogen) atoms. The molecular formula is C19H35N3O2. The van der Waals surface area contributed by atoms with Crippen molar-refractivity contribution < 1.29 is 9.53 Å². The highest BCUT2D eigenvalue weighted by Crippen LogP contribution is 2.32. The first-order chi connectivity index (χ1) is 11.6. The second kappa shape index (κ2) is 8.63. The Balaban J connectivity index is 1.41. The second-order valence-electron chi connectivity index (χ2n) is 8.20. The molecule has 0 unspecified atom stereocenters. The van der Waals surface area contributed by atoms with Gasteiger partial charge in [-0.05, 0) is 82.8 Å². The smallest absolute Gasteiger partial charge is 0.239 e. The highest BCUT2D eigenvalue weighted by molar-refractivity contribution is 5.81. The van der Waals surface area contributed by atoms with Gasteiger partial charge in [0.25, 0.3) is 0 Å². The molecule has 0 aliphatic carbocycles. The van der Waals surface area contributed by atoms with Crippen molar-refractivity contribution in [1.29, 1.82) is 0 Å². The van der Waals surface area contributed by atoms with E-state index in [2.05, 4.69) is 11.9 Å². The summed E-state index contributed by atoms with van der Waals surface area (Å²) < 4.78 is 5.39. The van der Waals surface area contributed by atoms with E-state index in [0.29, 0.717) is 5.92 Å². The summed E-state index contributed by atoms with van der Waals surface area (Å²) in [6.07, 6.45) is 7.94. The van der Waals surface area contributed by atoms with Crippen LogP contribution in [0.3, 0.4) is 0 Å². The van der Waals surface area contributed by atoms with E-state index in [0.717, 1.165) is 57.4 Å². The lowest BCUT2D eigenvalue weighted by Crippen LogP contribution is -2.49. The maximum absolute atomic E-state index is 12.7. The molecule has 3 heterocycles. The Morgan fingerprint density at radius 1 is 1.00 bits per heavy atom. The Morgan fingerprint density at radius 3 is 2.12 bits per heavy atom. The molecule has 0 aromatic heterocycles. The standard InChI is InChI=1S/C19H35N3O2/c1-21-8-2-16(3-9-21)17-4-10-22(11-5-17)19(23)18(20)14-15-6-12-24-13-7-15/h15-18H,2-14,20H2,1H3/t18-/m0/s1. The van der Waals surface area contributed by atoms with Gasteiger partial charge < -0.3 is 20.3 Å². The molecule has 3 fully saturated rings. The van der Waals surface area contributed by atoms with Crippen LogP contribution in [-0.2, 0) is 9.53 Å². The van der Waals surface area contributed by atoms with Crippen molar-refractivity contribution in [2.45, 2.75) is 51.0 Å². The number of amides is 1. The molecule has 5 nitrogen and oxygen atoms in total. The highest BCUT2D eigenvalue weighted by Gasteiger charge is 2.32. The van der Waals surface area contributed by atoms with Crippen LogP contribution in [0.4, 0.5) is 0 Å². The van der Waals surface area contributed by atoms with E-state index < -0.39 is 0 Å². The van der Waals surface area contributed by atoms with Gasteiger partial charge in [-0.2, -0.15) is 0 Å². The number of hydrogen-bond acceptors (Lipinski definition) is 4. The lowest BCUT2D eigenvalue weighted by atomic mass is 9.78. The van der Waals surface area contributed by atoms with Gasteiger partial charge in [0.2, 0.25) is 5.91 Å². The third-order valence-corrected chi connectivity index (χ3v) is 6.53. The van der Waals surface area contributed by atoms with Gasteiger partial charge in [0.05, 0.1) is 6.04 Å². The van der Waals surface area contributed by atoms with Gasteiger partial charge in [0, 0.05) is 26.3 Å². The third-order valence-electron chi connectivity index (χ3n) is 6.53. The molecule has 0 saturated carbocycles. The molecule has 5 heteroatoms. The zero-order valence-corrected chi connectivity index (χ0v) is 15.3. The number of likely N-dealkylation sites (tertiary alicyclic amines) is 2. The molecule has 0 aromatic carbocycles. The molecule has 0 bridgehead atoms. The van der Waals surface area contributed by atoms with Gasteiger partial charge in [-0.1, -0.05) is 0 Å². The summed E-state index contributed by atoms with van der Waals surface area (Å²) in [7, 11) is 2.22. The van der Waals surface area contributed by atoms with E-state index in [9.17, 15) is 4.79 Å². The Hall–Kier alpha value is -0.650. The van der Waals surface area contributed by atoms with Gasteiger partial charge in [0.15, 0.2) is 0 Å².